The minimum Gasteiger partial charge on any atom is -0.507 e. The van der Waals surface area contributed by atoms with E-state index in [0.717, 1.165) is 0 Å². The van der Waals surface area contributed by atoms with Gasteiger partial charge in [0.05, 0.1) is 20.3 Å². The van der Waals surface area contributed by atoms with Gasteiger partial charge >= 0.3 is 0 Å². The average molecular weight is 579 g/mol. The summed E-state index contributed by atoms with van der Waals surface area (Å²) in [5.41, 5.74) is 0.156. The van der Waals surface area contributed by atoms with E-state index in [1.165, 1.54) is 37.4 Å². The first kappa shape index (κ1) is 29.2. The molecular weight excluding hydrogens is 548 g/mol. The highest BCUT2D eigenvalue weighted by atomic mass is 16.7. The molecule has 2 fully saturated rings. The summed E-state index contributed by atoms with van der Waals surface area (Å²) in [6.07, 6.45) is -13.3. The van der Waals surface area contributed by atoms with Gasteiger partial charge in [0.25, 0.3) is 0 Å². The highest BCUT2D eigenvalue weighted by molar-refractivity contribution is 5.86. The number of aliphatic hydroxyl groups is 6. The zero-order valence-electron chi connectivity index (χ0n) is 21.6. The van der Waals surface area contributed by atoms with Crippen molar-refractivity contribution in [2.24, 2.45) is 0 Å². The molecule has 9 atom stereocenters. The van der Waals surface area contributed by atoms with Crippen LogP contribution in [0.5, 0.6) is 17.2 Å². The number of methoxy groups -OCH3 is 1. The number of hydrogen-bond donors (Lipinski definition) is 7. The molecule has 1 aromatic heterocycles. The number of benzene rings is 2. The molecule has 2 aliphatic rings. The smallest absolute Gasteiger partial charge is 0.229 e. The van der Waals surface area contributed by atoms with Gasteiger partial charge < -0.3 is 63.8 Å². The summed E-state index contributed by atoms with van der Waals surface area (Å²) >= 11 is 0. The van der Waals surface area contributed by atoms with Crippen LogP contribution in [-0.4, -0.2) is 111 Å². The lowest BCUT2D eigenvalue weighted by Crippen LogP contribution is -2.61. The van der Waals surface area contributed by atoms with Crippen molar-refractivity contribution in [2.75, 3.05) is 20.3 Å². The van der Waals surface area contributed by atoms with Gasteiger partial charge in [-0.1, -0.05) is 0 Å². The molecule has 0 amide bonds. The van der Waals surface area contributed by atoms with Crippen LogP contribution >= 0.6 is 0 Å². The normalized spacial score (nSPS) is 32.1. The van der Waals surface area contributed by atoms with Gasteiger partial charge in [-0.3, -0.25) is 4.79 Å². The van der Waals surface area contributed by atoms with E-state index < -0.39 is 67.3 Å². The standard InChI is InChI=1S/C27H30O14/c1-36-13-6-14(28)20-15(29)8-17(40-18(20)7-13)11-2-4-12(5-3-11)39-27-25(35)23(33)22(32)19(41-27)10-38-26-24(34)21(31)16(30)9-37-26/h2-8,16,19,21-28,30-35H,9-10H2,1H3/t16-,19+,21-,22+,23+,24-,25+,26-,27-/m1/s1. The number of phenols is 1. The molecule has 222 valence electrons. The lowest BCUT2D eigenvalue weighted by atomic mass is 9.99. The molecule has 0 aliphatic carbocycles. The number of phenolic OH excluding ortho intramolecular Hbond substituents is 1. The van der Waals surface area contributed by atoms with Gasteiger partial charge in [-0.2, -0.15) is 0 Å². The minimum absolute atomic E-state index is 0.00976. The van der Waals surface area contributed by atoms with Crippen molar-refractivity contribution in [1.82, 2.24) is 0 Å². The summed E-state index contributed by atoms with van der Waals surface area (Å²) in [7, 11) is 1.41. The van der Waals surface area contributed by atoms with Crippen molar-refractivity contribution in [3.63, 3.8) is 0 Å². The molecule has 2 aromatic carbocycles. The third-order valence-electron chi connectivity index (χ3n) is 6.96. The van der Waals surface area contributed by atoms with Crippen LogP contribution in [0.4, 0.5) is 0 Å². The molecule has 7 N–H and O–H groups in total. The maximum absolute atomic E-state index is 12.6. The van der Waals surface area contributed by atoms with E-state index >= 15 is 0 Å². The first-order chi connectivity index (χ1) is 19.6. The Morgan fingerprint density at radius 2 is 1.56 bits per heavy atom. The van der Waals surface area contributed by atoms with Gasteiger partial charge in [-0.15, -0.1) is 0 Å². The predicted octanol–water partition coefficient (Wildman–Crippen LogP) is -1.18. The first-order valence-electron chi connectivity index (χ1n) is 12.7. The van der Waals surface area contributed by atoms with E-state index in [9.17, 15) is 40.5 Å². The van der Waals surface area contributed by atoms with Gasteiger partial charge in [-0.25, -0.2) is 0 Å². The van der Waals surface area contributed by atoms with Crippen LogP contribution in [0.2, 0.25) is 0 Å². The number of aromatic hydroxyl groups is 1. The zero-order chi connectivity index (χ0) is 29.4. The van der Waals surface area contributed by atoms with Gasteiger partial charge in [0, 0.05) is 23.8 Å². The summed E-state index contributed by atoms with van der Waals surface area (Å²) in [4.78, 5) is 12.6. The highest BCUT2D eigenvalue weighted by Crippen LogP contribution is 2.32. The van der Waals surface area contributed by atoms with Crippen molar-refractivity contribution >= 4 is 11.0 Å². The Kier molecular flexibility index (Phi) is 8.47. The average Bonchev–Trinajstić information content (AvgIpc) is 2.96. The summed E-state index contributed by atoms with van der Waals surface area (Å²) in [5, 5.41) is 70.7. The van der Waals surface area contributed by atoms with Crippen molar-refractivity contribution in [1.29, 1.82) is 0 Å². The maximum atomic E-state index is 12.6. The Balaban J connectivity index is 1.28. The fraction of sp³-hybridized carbons (Fsp3) is 0.444. The zero-order valence-corrected chi connectivity index (χ0v) is 21.6. The van der Waals surface area contributed by atoms with E-state index in [2.05, 4.69) is 0 Å². The Labute approximate surface area is 232 Å². The maximum Gasteiger partial charge on any atom is 0.229 e. The second kappa shape index (κ2) is 11.9. The number of fused-ring (bicyclic) bond motifs is 1. The molecule has 0 spiro atoms. The molecular formula is C27H30O14. The second-order valence-electron chi connectivity index (χ2n) is 9.74. The largest absolute Gasteiger partial charge is 0.507 e. The van der Waals surface area contributed by atoms with E-state index in [4.69, 9.17) is 28.1 Å². The number of aliphatic hydroxyl groups excluding tert-OH is 6. The van der Waals surface area contributed by atoms with Crippen molar-refractivity contribution in [3.05, 3.63) is 52.7 Å². The van der Waals surface area contributed by atoms with Gasteiger partial charge in [0.2, 0.25) is 6.29 Å². The monoisotopic (exact) mass is 578 g/mol. The third-order valence-corrected chi connectivity index (χ3v) is 6.96. The van der Waals surface area contributed by atoms with Gasteiger partial charge in [0.15, 0.2) is 11.7 Å². The van der Waals surface area contributed by atoms with Gasteiger partial charge in [-0.05, 0) is 24.3 Å². The lowest BCUT2D eigenvalue weighted by molar-refractivity contribution is -0.307. The Hall–Kier alpha value is -3.31. The predicted molar refractivity (Wildman–Crippen MR) is 137 cm³/mol. The van der Waals surface area contributed by atoms with Crippen LogP contribution in [0.15, 0.2) is 51.7 Å². The van der Waals surface area contributed by atoms with Gasteiger partial charge in [0.1, 0.15) is 76.7 Å². The van der Waals surface area contributed by atoms with Crippen LogP contribution < -0.4 is 14.9 Å². The Morgan fingerprint density at radius 3 is 2.27 bits per heavy atom. The second-order valence-corrected chi connectivity index (χ2v) is 9.74. The van der Waals surface area contributed by atoms with E-state index in [-0.39, 0.29) is 34.8 Å². The molecule has 5 rings (SSSR count). The van der Waals surface area contributed by atoms with Crippen LogP contribution in [0.25, 0.3) is 22.3 Å². The Bertz CT molecular complexity index is 1410. The summed E-state index contributed by atoms with van der Waals surface area (Å²) in [6, 6.07) is 10.2. The van der Waals surface area contributed by atoms with Crippen LogP contribution in [0.1, 0.15) is 0 Å². The van der Waals surface area contributed by atoms with Crippen molar-refractivity contribution < 1.29 is 63.8 Å². The van der Waals surface area contributed by atoms with Crippen LogP contribution in [0.3, 0.4) is 0 Å². The molecule has 0 saturated carbocycles. The first-order valence-corrected chi connectivity index (χ1v) is 12.7. The summed E-state index contributed by atoms with van der Waals surface area (Å²) in [6.45, 7) is -0.713. The number of rotatable bonds is 7. The summed E-state index contributed by atoms with van der Waals surface area (Å²) in [5.74, 6) is 0.437. The minimum atomic E-state index is -1.67. The lowest BCUT2D eigenvalue weighted by Gasteiger charge is -2.41. The molecule has 0 radical (unpaired) electrons. The molecule has 0 unspecified atom stereocenters. The molecule has 14 nitrogen and oxygen atoms in total. The highest BCUT2D eigenvalue weighted by Gasteiger charge is 2.46. The molecule has 2 saturated heterocycles. The molecule has 3 heterocycles. The third kappa shape index (κ3) is 5.88. The summed E-state index contributed by atoms with van der Waals surface area (Å²) < 4.78 is 32.8. The quantitative estimate of drug-likeness (QED) is 0.176. The fourth-order valence-electron chi connectivity index (χ4n) is 4.60. The van der Waals surface area contributed by atoms with Crippen LogP contribution in [-0.2, 0) is 14.2 Å². The molecule has 2 aliphatic heterocycles. The Morgan fingerprint density at radius 1 is 0.854 bits per heavy atom. The topological polar surface area (TPSA) is 218 Å². The van der Waals surface area contributed by atoms with E-state index in [1.54, 1.807) is 12.1 Å². The molecule has 0 bridgehead atoms. The van der Waals surface area contributed by atoms with E-state index in [0.29, 0.717) is 11.3 Å². The van der Waals surface area contributed by atoms with E-state index in [1.807, 2.05) is 0 Å². The molecule has 41 heavy (non-hydrogen) atoms. The van der Waals surface area contributed by atoms with Crippen molar-refractivity contribution in [2.45, 2.75) is 55.3 Å². The fourth-order valence-corrected chi connectivity index (χ4v) is 4.60. The number of ether oxygens (including phenoxy) is 5. The SMILES string of the molecule is COc1cc(O)c2c(=O)cc(-c3ccc(O[C@@H]4O[C@@H](CO[C@H]5OC[C@@H](O)[C@@H](O)[C@H]5O)[C@H](O)[C@H](O)[C@@H]4O)cc3)oc2c1. The molecule has 14 heteroatoms. The number of hydrogen-bond acceptors (Lipinski definition) is 14. The molecule has 3 aromatic rings. The van der Waals surface area contributed by atoms with Crippen molar-refractivity contribution in [3.8, 4) is 28.6 Å². The van der Waals surface area contributed by atoms with Crippen LogP contribution in [0, 0.1) is 0 Å².